The molecule has 0 saturated carbocycles. The van der Waals surface area contributed by atoms with Gasteiger partial charge in [-0.3, -0.25) is 4.79 Å². The van der Waals surface area contributed by atoms with E-state index in [4.69, 9.17) is 11.6 Å². The first-order valence-electron chi connectivity index (χ1n) is 2.28. The minimum atomic E-state index is -0.642. The van der Waals surface area contributed by atoms with Gasteiger partial charge in [-0.15, -0.1) is 7.97 Å². The molecule has 54 valence electrons. The van der Waals surface area contributed by atoms with Crippen LogP contribution >= 0.6 is 23.9 Å². The van der Waals surface area contributed by atoms with Crippen LogP contribution in [0.3, 0.4) is 0 Å². The number of hydrogen-bond acceptors (Lipinski definition) is 3. The first-order chi connectivity index (χ1) is 4.75. The first kappa shape index (κ1) is 7.56. The van der Waals surface area contributed by atoms with Crippen molar-refractivity contribution in [1.29, 1.82) is 0 Å². The molecule has 1 aromatic rings. The molecule has 1 heterocycles. The van der Waals surface area contributed by atoms with Crippen LogP contribution in [-0.2, 0) is 0 Å². The lowest BCUT2D eigenvalue weighted by atomic mass is 10.6. The zero-order valence-corrected chi connectivity index (χ0v) is 6.19. The standard InChI is InChI=1S/C4H2ClFN2OS/c5-3-1-2-7-8(10-6)4(3)9/h1-2H. The zero-order valence-electron chi connectivity index (χ0n) is 4.62. The van der Waals surface area contributed by atoms with E-state index in [1.165, 1.54) is 12.3 Å². The van der Waals surface area contributed by atoms with Crippen LogP contribution in [0.1, 0.15) is 0 Å². The molecule has 0 radical (unpaired) electrons. The fourth-order valence-corrected chi connectivity index (χ4v) is 0.861. The molecule has 0 unspecified atom stereocenters. The van der Waals surface area contributed by atoms with E-state index >= 15 is 0 Å². The van der Waals surface area contributed by atoms with E-state index in [-0.39, 0.29) is 17.4 Å². The Balaban J connectivity index is 3.28. The summed E-state index contributed by atoms with van der Waals surface area (Å²) in [5.74, 6) is 0. The third-order valence-electron chi connectivity index (χ3n) is 0.836. The van der Waals surface area contributed by atoms with Crippen LogP contribution in [0.4, 0.5) is 3.89 Å². The molecule has 1 aromatic heterocycles. The van der Waals surface area contributed by atoms with E-state index in [2.05, 4.69) is 5.10 Å². The van der Waals surface area contributed by atoms with Gasteiger partial charge in [0.05, 0.1) is 6.20 Å². The summed E-state index contributed by atoms with van der Waals surface area (Å²) in [7, 11) is 0. The Labute approximate surface area is 65.2 Å². The molecule has 0 saturated heterocycles. The summed E-state index contributed by atoms with van der Waals surface area (Å²) >= 11 is 5.06. The minimum Gasteiger partial charge on any atom is -0.265 e. The van der Waals surface area contributed by atoms with Crippen LogP contribution in [0.25, 0.3) is 0 Å². The van der Waals surface area contributed by atoms with Crippen LogP contribution in [-0.4, -0.2) is 9.19 Å². The summed E-state index contributed by atoms with van der Waals surface area (Å²) in [6.07, 6.45) is 1.25. The van der Waals surface area contributed by atoms with Gasteiger partial charge < -0.3 is 0 Å². The highest BCUT2D eigenvalue weighted by atomic mass is 35.5. The Morgan fingerprint density at radius 1 is 1.80 bits per heavy atom. The molecule has 0 N–H and O–H groups in total. The molecule has 0 fully saturated rings. The highest BCUT2D eigenvalue weighted by Gasteiger charge is 2.00. The van der Waals surface area contributed by atoms with Crippen molar-refractivity contribution in [2.45, 2.75) is 0 Å². The van der Waals surface area contributed by atoms with E-state index in [1.807, 2.05) is 0 Å². The second-order valence-electron chi connectivity index (χ2n) is 1.43. The zero-order chi connectivity index (χ0) is 7.56. The number of aromatic nitrogens is 2. The molecule has 0 atom stereocenters. The van der Waals surface area contributed by atoms with Crippen molar-refractivity contribution in [3.63, 3.8) is 0 Å². The summed E-state index contributed by atoms with van der Waals surface area (Å²) < 4.78 is 12.3. The SMILES string of the molecule is O=c1c(Cl)ccnn1SF. The number of halogens is 2. The van der Waals surface area contributed by atoms with Crippen molar-refractivity contribution in [3.8, 4) is 0 Å². The second-order valence-corrected chi connectivity index (χ2v) is 2.32. The third-order valence-corrected chi connectivity index (χ3v) is 1.51. The van der Waals surface area contributed by atoms with Gasteiger partial charge in [-0.1, -0.05) is 11.6 Å². The van der Waals surface area contributed by atoms with Crippen molar-refractivity contribution in [2.24, 2.45) is 0 Å². The van der Waals surface area contributed by atoms with E-state index in [0.717, 1.165) is 0 Å². The van der Waals surface area contributed by atoms with Crippen molar-refractivity contribution in [3.05, 3.63) is 27.6 Å². The maximum Gasteiger partial charge on any atom is 0.298 e. The molecule has 0 aliphatic rings. The smallest absolute Gasteiger partial charge is 0.265 e. The molecule has 0 amide bonds. The maximum atomic E-state index is 11.7. The summed E-state index contributed by atoms with van der Waals surface area (Å²) in [4.78, 5) is 10.7. The molecular formula is C4H2ClFN2OS. The molecule has 0 spiro atoms. The van der Waals surface area contributed by atoms with Crippen molar-refractivity contribution >= 4 is 23.9 Å². The molecule has 6 heteroatoms. The summed E-state index contributed by atoms with van der Waals surface area (Å²) in [6.45, 7) is 0. The fourth-order valence-electron chi connectivity index (χ4n) is 0.424. The van der Waals surface area contributed by atoms with Gasteiger partial charge in [0.25, 0.3) is 5.56 Å². The summed E-state index contributed by atoms with van der Waals surface area (Å²) in [5, 5.41) is 3.32. The van der Waals surface area contributed by atoms with Gasteiger partial charge in [-0.05, 0) is 6.07 Å². The Kier molecular flexibility index (Phi) is 2.29. The molecule has 0 aromatic carbocycles. The van der Waals surface area contributed by atoms with Crippen LogP contribution < -0.4 is 5.56 Å². The topological polar surface area (TPSA) is 34.9 Å². The Morgan fingerprint density at radius 2 is 2.50 bits per heavy atom. The monoisotopic (exact) mass is 180 g/mol. The molecule has 0 aliphatic carbocycles. The Bertz CT molecular complexity index is 289. The lowest BCUT2D eigenvalue weighted by Crippen LogP contribution is -2.16. The molecular weight excluding hydrogens is 179 g/mol. The highest BCUT2D eigenvalue weighted by molar-refractivity contribution is 7.92. The van der Waals surface area contributed by atoms with Gasteiger partial charge in [0.2, 0.25) is 0 Å². The average Bonchev–Trinajstić information content (AvgIpc) is 1.95. The van der Waals surface area contributed by atoms with Crippen molar-refractivity contribution < 1.29 is 3.89 Å². The summed E-state index contributed by atoms with van der Waals surface area (Å²) in [6, 6.07) is 1.30. The largest absolute Gasteiger partial charge is 0.298 e. The van der Waals surface area contributed by atoms with E-state index in [1.54, 1.807) is 0 Å². The number of rotatable bonds is 1. The Hall–Kier alpha value is -0.550. The number of hydrogen-bond donors (Lipinski definition) is 0. The maximum absolute atomic E-state index is 11.7. The predicted molar refractivity (Wildman–Crippen MR) is 37.6 cm³/mol. The van der Waals surface area contributed by atoms with E-state index in [9.17, 15) is 8.68 Å². The second kappa shape index (κ2) is 3.03. The first-order valence-corrected chi connectivity index (χ1v) is 3.34. The summed E-state index contributed by atoms with van der Waals surface area (Å²) in [5.41, 5.74) is -0.642. The van der Waals surface area contributed by atoms with Crippen LogP contribution in [0.15, 0.2) is 17.1 Å². The fraction of sp³-hybridized carbons (Fsp3) is 0. The lowest BCUT2D eigenvalue weighted by Gasteiger charge is -1.92. The minimum absolute atomic E-state index is 0.0415. The number of nitrogens with zero attached hydrogens (tertiary/aromatic N) is 2. The van der Waals surface area contributed by atoms with Crippen LogP contribution in [0.5, 0.6) is 0 Å². The van der Waals surface area contributed by atoms with Gasteiger partial charge in [0.15, 0.2) is 12.3 Å². The van der Waals surface area contributed by atoms with Gasteiger partial charge in [0, 0.05) is 0 Å². The molecule has 1 rings (SSSR count). The van der Waals surface area contributed by atoms with Crippen LogP contribution in [0.2, 0.25) is 5.02 Å². The quantitative estimate of drug-likeness (QED) is 0.653. The predicted octanol–water partition coefficient (Wildman–Crippen LogP) is 1.28. The molecule has 3 nitrogen and oxygen atoms in total. The highest BCUT2D eigenvalue weighted by Crippen LogP contribution is 2.03. The van der Waals surface area contributed by atoms with Crippen molar-refractivity contribution in [1.82, 2.24) is 9.19 Å². The molecule has 0 bridgehead atoms. The van der Waals surface area contributed by atoms with Crippen molar-refractivity contribution in [2.75, 3.05) is 0 Å². The molecule has 10 heavy (non-hydrogen) atoms. The van der Waals surface area contributed by atoms with E-state index < -0.39 is 5.56 Å². The van der Waals surface area contributed by atoms with Gasteiger partial charge in [0.1, 0.15) is 5.02 Å². The normalized spacial score (nSPS) is 9.80. The van der Waals surface area contributed by atoms with E-state index in [0.29, 0.717) is 4.09 Å². The Morgan fingerprint density at radius 3 is 3.00 bits per heavy atom. The lowest BCUT2D eigenvalue weighted by molar-refractivity contribution is 0.841. The van der Waals surface area contributed by atoms with Crippen LogP contribution in [0, 0.1) is 0 Å². The average molecular weight is 181 g/mol. The van der Waals surface area contributed by atoms with Gasteiger partial charge in [-0.25, -0.2) is 0 Å². The molecule has 0 aliphatic heterocycles. The van der Waals surface area contributed by atoms with Gasteiger partial charge in [-0.2, -0.15) is 5.10 Å². The van der Waals surface area contributed by atoms with Gasteiger partial charge >= 0.3 is 0 Å². The third kappa shape index (κ3) is 1.30.